The molecule has 1 saturated heterocycles. The second kappa shape index (κ2) is 6.89. The molecule has 3 heterocycles. The third-order valence-corrected chi connectivity index (χ3v) is 3.64. The van der Waals surface area contributed by atoms with E-state index in [9.17, 15) is 0 Å². The maximum absolute atomic E-state index is 5.96. The van der Waals surface area contributed by atoms with Crippen LogP contribution in [-0.2, 0) is 11.3 Å². The van der Waals surface area contributed by atoms with Gasteiger partial charge in [0, 0.05) is 37.5 Å². The second-order valence-corrected chi connectivity index (χ2v) is 5.45. The van der Waals surface area contributed by atoms with Crippen molar-refractivity contribution >= 4 is 23.2 Å². The van der Waals surface area contributed by atoms with Crippen molar-refractivity contribution < 1.29 is 4.74 Å². The van der Waals surface area contributed by atoms with Crippen LogP contribution in [0.2, 0.25) is 5.15 Å². The number of morpholine rings is 1. The molecule has 6 nitrogen and oxygen atoms in total. The van der Waals surface area contributed by atoms with E-state index in [0.29, 0.717) is 23.3 Å². The predicted molar refractivity (Wildman–Crippen MR) is 86.4 cm³/mol. The molecule has 2 aromatic heterocycles. The van der Waals surface area contributed by atoms with Gasteiger partial charge in [-0.2, -0.15) is 0 Å². The minimum absolute atomic E-state index is 0.439. The summed E-state index contributed by atoms with van der Waals surface area (Å²) in [6, 6.07) is 5.74. The van der Waals surface area contributed by atoms with Crippen molar-refractivity contribution in [1.29, 1.82) is 0 Å². The first-order valence-electron chi connectivity index (χ1n) is 7.24. The molecule has 0 saturated carbocycles. The van der Waals surface area contributed by atoms with Crippen LogP contribution in [0.3, 0.4) is 0 Å². The van der Waals surface area contributed by atoms with Gasteiger partial charge in [-0.1, -0.05) is 17.7 Å². The molecule has 0 amide bonds. The van der Waals surface area contributed by atoms with Crippen LogP contribution >= 0.6 is 11.6 Å². The monoisotopic (exact) mass is 319 g/mol. The number of rotatable bonds is 4. The highest BCUT2D eigenvalue weighted by molar-refractivity contribution is 6.29. The number of halogens is 1. The lowest BCUT2D eigenvalue weighted by molar-refractivity contribution is 0.122. The molecule has 0 aromatic carbocycles. The van der Waals surface area contributed by atoms with Gasteiger partial charge in [-0.05, 0) is 13.0 Å². The molecule has 7 heteroatoms. The maximum Gasteiger partial charge on any atom is 0.134 e. The van der Waals surface area contributed by atoms with Crippen molar-refractivity contribution in [2.24, 2.45) is 0 Å². The number of ether oxygens (including phenoxy) is 1. The lowest BCUT2D eigenvalue weighted by atomic mass is 10.2. The minimum Gasteiger partial charge on any atom is -0.378 e. The molecule has 0 radical (unpaired) electrons. The fraction of sp³-hybridized carbons (Fsp3) is 0.400. The van der Waals surface area contributed by atoms with E-state index in [2.05, 4.69) is 31.2 Å². The lowest BCUT2D eigenvalue weighted by Crippen LogP contribution is -2.37. The maximum atomic E-state index is 5.96. The van der Waals surface area contributed by atoms with Crippen molar-refractivity contribution in [2.45, 2.75) is 13.5 Å². The summed E-state index contributed by atoms with van der Waals surface area (Å²) in [7, 11) is 0. The van der Waals surface area contributed by atoms with Crippen LogP contribution in [0, 0.1) is 6.92 Å². The number of nitrogens with one attached hydrogen (secondary N) is 1. The molecular formula is C15H18ClN5O. The molecule has 1 aliphatic heterocycles. The summed E-state index contributed by atoms with van der Waals surface area (Å²) in [5, 5.41) is 3.73. The number of pyridine rings is 1. The average molecular weight is 320 g/mol. The molecule has 3 rings (SSSR count). The van der Waals surface area contributed by atoms with Crippen LogP contribution in [0.15, 0.2) is 24.4 Å². The highest BCUT2D eigenvalue weighted by Gasteiger charge is 2.15. The Kier molecular flexibility index (Phi) is 4.70. The zero-order valence-electron chi connectivity index (χ0n) is 12.4. The van der Waals surface area contributed by atoms with Crippen molar-refractivity contribution in [3.63, 3.8) is 0 Å². The van der Waals surface area contributed by atoms with E-state index in [1.54, 1.807) is 6.07 Å². The normalized spacial score (nSPS) is 14.9. The smallest absolute Gasteiger partial charge is 0.134 e. The van der Waals surface area contributed by atoms with Gasteiger partial charge >= 0.3 is 0 Å². The first kappa shape index (κ1) is 15.0. The standard InChI is InChI=1S/C15H18ClN5O/c1-11-19-13(16)9-14(20-11)18-10-12-3-2-4-17-15(12)21-5-7-22-8-6-21/h2-4,9H,5-8,10H2,1H3,(H,18,19,20). The Labute approximate surface area is 134 Å². The molecule has 0 atom stereocenters. The van der Waals surface area contributed by atoms with Crippen LogP contribution in [0.1, 0.15) is 11.4 Å². The highest BCUT2D eigenvalue weighted by atomic mass is 35.5. The molecule has 2 aromatic rings. The summed E-state index contributed by atoms with van der Waals surface area (Å²) < 4.78 is 5.40. The SMILES string of the molecule is Cc1nc(Cl)cc(NCc2cccnc2N2CCOCC2)n1. The second-order valence-electron chi connectivity index (χ2n) is 5.06. The number of aromatic nitrogens is 3. The predicted octanol–water partition coefficient (Wildman–Crippen LogP) is 2.28. The van der Waals surface area contributed by atoms with E-state index in [1.165, 1.54) is 0 Å². The van der Waals surface area contributed by atoms with Crippen molar-refractivity contribution in [3.05, 3.63) is 40.9 Å². The van der Waals surface area contributed by atoms with Crippen LogP contribution in [0.25, 0.3) is 0 Å². The third kappa shape index (κ3) is 3.64. The van der Waals surface area contributed by atoms with Gasteiger partial charge in [-0.15, -0.1) is 0 Å². The Morgan fingerprint density at radius 1 is 1.32 bits per heavy atom. The van der Waals surface area contributed by atoms with E-state index in [-0.39, 0.29) is 0 Å². The summed E-state index contributed by atoms with van der Waals surface area (Å²) in [5.41, 5.74) is 1.12. The van der Waals surface area contributed by atoms with Gasteiger partial charge in [-0.3, -0.25) is 0 Å². The van der Waals surface area contributed by atoms with E-state index in [4.69, 9.17) is 16.3 Å². The summed E-state index contributed by atoms with van der Waals surface area (Å²) in [5.74, 6) is 2.36. The number of anilines is 2. The Morgan fingerprint density at radius 2 is 2.14 bits per heavy atom. The van der Waals surface area contributed by atoms with E-state index in [1.807, 2.05) is 19.2 Å². The van der Waals surface area contributed by atoms with Crippen LogP contribution < -0.4 is 10.2 Å². The lowest BCUT2D eigenvalue weighted by Gasteiger charge is -2.29. The molecule has 0 spiro atoms. The van der Waals surface area contributed by atoms with Gasteiger partial charge in [0.25, 0.3) is 0 Å². The van der Waals surface area contributed by atoms with Crippen molar-refractivity contribution in [1.82, 2.24) is 15.0 Å². The van der Waals surface area contributed by atoms with E-state index < -0.39 is 0 Å². The molecule has 116 valence electrons. The number of aryl methyl sites for hydroxylation is 1. The molecule has 0 aliphatic carbocycles. The Hall–Kier alpha value is -1.92. The van der Waals surface area contributed by atoms with Crippen LogP contribution in [-0.4, -0.2) is 41.3 Å². The number of hydrogen-bond donors (Lipinski definition) is 1. The van der Waals surface area contributed by atoms with Crippen LogP contribution in [0.5, 0.6) is 0 Å². The summed E-state index contributed by atoms with van der Waals surface area (Å²) in [4.78, 5) is 15.2. The molecule has 1 aliphatic rings. The minimum atomic E-state index is 0.439. The Balaban J connectivity index is 1.74. The summed E-state index contributed by atoms with van der Waals surface area (Å²) in [6.45, 7) is 5.66. The first-order valence-corrected chi connectivity index (χ1v) is 7.62. The van der Waals surface area contributed by atoms with Gasteiger partial charge in [0.05, 0.1) is 13.2 Å². The summed E-state index contributed by atoms with van der Waals surface area (Å²) in [6.07, 6.45) is 1.82. The fourth-order valence-electron chi connectivity index (χ4n) is 2.44. The number of nitrogens with zero attached hydrogens (tertiary/aromatic N) is 4. The van der Waals surface area contributed by atoms with Gasteiger partial charge in [-0.25, -0.2) is 15.0 Å². The van der Waals surface area contributed by atoms with Crippen LogP contribution in [0.4, 0.5) is 11.6 Å². The average Bonchev–Trinajstić information content (AvgIpc) is 2.53. The first-order chi connectivity index (χ1) is 10.7. The van der Waals surface area contributed by atoms with Crippen molar-refractivity contribution in [2.75, 3.05) is 36.5 Å². The highest BCUT2D eigenvalue weighted by Crippen LogP contribution is 2.20. The molecular weight excluding hydrogens is 302 g/mol. The third-order valence-electron chi connectivity index (χ3n) is 3.44. The van der Waals surface area contributed by atoms with Crippen molar-refractivity contribution in [3.8, 4) is 0 Å². The summed E-state index contributed by atoms with van der Waals surface area (Å²) >= 11 is 5.96. The molecule has 0 bridgehead atoms. The quantitative estimate of drug-likeness (QED) is 0.872. The zero-order chi connectivity index (χ0) is 15.4. The fourth-order valence-corrected chi connectivity index (χ4v) is 2.66. The zero-order valence-corrected chi connectivity index (χ0v) is 13.2. The molecule has 1 fully saturated rings. The largest absolute Gasteiger partial charge is 0.378 e. The van der Waals surface area contributed by atoms with E-state index >= 15 is 0 Å². The van der Waals surface area contributed by atoms with Gasteiger partial charge < -0.3 is 15.0 Å². The Bertz CT molecular complexity index is 625. The molecule has 1 N–H and O–H groups in total. The Morgan fingerprint density at radius 3 is 2.91 bits per heavy atom. The topological polar surface area (TPSA) is 63.2 Å². The van der Waals surface area contributed by atoms with Gasteiger partial charge in [0.15, 0.2) is 0 Å². The molecule has 22 heavy (non-hydrogen) atoms. The number of hydrogen-bond acceptors (Lipinski definition) is 6. The molecule has 0 unspecified atom stereocenters. The van der Waals surface area contributed by atoms with Gasteiger partial charge in [0.2, 0.25) is 0 Å². The van der Waals surface area contributed by atoms with E-state index in [0.717, 1.165) is 37.7 Å². The van der Waals surface area contributed by atoms with Gasteiger partial charge in [0.1, 0.15) is 22.6 Å².